The van der Waals surface area contributed by atoms with Crippen LogP contribution in [0.3, 0.4) is 0 Å². The van der Waals surface area contributed by atoms with Crippen LogP contribution in [0.4, 0.5) is 11.4 Å². The monoisotopic (exact) mass is 514 g/mol. The van der Waals surface area contributed by atoms with Crippen molar-refractivity contribution in [2.45, 2.75) is 46.7 Å². The molecule has 2 nitrogen and oxygen atoms in total. The van der Waals surface area contributed by atoms with E-state index < -0.39 is 0 Å². The molecular formula is C21H28BrIN2. The molecule has 25 heavy (non-hydrogen) atoms. The number of hydrogen-bond donors (Lipinski definition) is 0. The lowest BCUT2D eigenvalue weighted by Gasteiger charge is -2.34. The Balaban J connectivity index is 2.33. The van der Waals surface area contributed by atoms with E-state index >= 15 is 0 Å². The number of rotatable bonds is 7. The highest BCUT2D eigenvalue weighted by Crippen LogP contribution is 2.30. The number of benzene rings is 2. The van der Waals surface area contributed by atoms with Gasteiger partial charge in [0.2, 0.25) is 0 Å². The molecule has 0 fully saturated rings. The third-order valence-electron chi connectivity index (χ3n) is 4.50. The van der Waals surface area contributed by atoms with Gasteiger partial charge in [0.25, 0.3) is 0 Å². The second-order valence-electron chi connectivity index (χ2n) is 6.98. The van der Waals surface area contributed by atoms with E-state index in [2.05, 4.69) is 125 Å². The summed E-state index contributed by atoms with van der Waals surface area (Å²) in [6.07, 6.45) is 0. The highest BCUT2D eigenvalue weighted by atomic mass is 127. The average molecular weight is 515 g/mol. The zero-order valence-electron chi connectivity index (χ0n) is 15.8. The molecule has 0 saturated heterocycles. The van der Waals surface area contributed by atoms with Crippen molar-refractivity contribution in [3.63, 3.8) is 0 Å². The molecule has 0 heterocycles. The van der Waals surface area contributed by atoms with E-state index in [1.807, 2.05) is 0 Å². The van der Waals surface area contributed by atoms with Crippen LogP contribution in [0.1, 0.15) is 33.3 Å². The highest BCUT2D eigenvalue weighted by Gasteiger charge is 2.17. The molecule has 0 N–H and O–H groups in total. The first kappa shape index (κ1) is 20.7. The van der Waals surface area contributed by atoms with Crippen LogP contribution in [0.5, 0.6) is 0 Å². The first-order chi connectivity index (χ1) is 11.8. The van der Waals surface area contributed by atoms with E-state index in [4.69, 9.17) is 0 Å². The summed E-state index contributed by atoms with van der Waals surface area (Å²) in [5.41, 5.74) is 3.84. The van der Waals surface area contributed by atoms with Crippen LogP contribution in [0.15, 0.2) is 46.9 Å². The fourth-order valence-corrected chi connectivity index (χ4v) is 4.17. The third-order valence-corrected chi connectivity index (χ3v) is 5.70. The van der Waals surface area contributed by atoms with Crippen molar-refractivity contribution in [3.05, 3.63) is 56.1 Å². The predicted octanol–water partition coefficient (Wildman–Crippen LogP) is 6.62. The van der Waals surface area contributed by atoms with Crippen LogP contribution < -0.4 is 4.90 Å². The summed E-state index contributed by atoms with van der Waals surface area (Å²) in [4.78, 5) is 4.99. The third kappa shape index (κ3) is 5.69. The standard InChI is InChI=1S/C21H28BrIN2/c1-15(2)24(16(3)4)12-13-25(20-9-6-18(22)7-10-20)21-11-8-19(23)14-17(21)5/h6-11,14-16H,12-13H2,1-5H3. The normalized spacial score (nSPS) is 11.6. The zero-order valence-corrected chi connectivity index (χ0v) is 19.5. The maximum Gasteiger partial charge on any atom is 0.0441 e. The fraction of sp³-hybridized carbons (Fsp3) is 0.429. The van der Waals surface area contributed by atoms with Gasteiger partial charge in [-0.1, -0.05) is 15.9 Å². The summed E-state index contributed by atoms with van der Waals surface area (Å²) in [6.45, 7) is 13.3. The van der Waals surface area contributed by atoms with Crippen molar-refractivity contribution >= 4 is 49.9 Å². The molecule has 0 aliphatic heterocycles. The molecule has 2 rings (SSSR count). The number of anilines is 2. The minimum absolute atomic E-state index is 0.546. The largest absolute Gasteiger partial charge is 0.340 e. The summed E-state index contributed by atoms with van der Waals surface area (Å²) in [5, 5.41) is 0. The molecule has 2 aromatic rings. The van der Waals surface area contributed by atoms with E-state index in [-0.39, 0.29) is 0 Å². The number of aryl methyl sites for hydroxylation is 1. The topological polar surface area (TPSA) is 6.48 Å². The zero-order chi connectivity index (χ0) is 18.6. The van der Waals surface area contributed by atoms with Gasteiger partial charge in [-0.3, -0.25) is 4.90 Å². The minimum Gasteiger partial charge on any atom is -0.340 e. The van der Waals surface area contributed by atoms with Crippen LogP contribution in [-0.4, -0.2) is 30.1 Å². The summed E-state index contributed by atoms with van der Waals surface area (Å²) in [6, 6.07) is 16.4. The van der Waals surface area contributed by atoms with Gasteiger partial charge in [-0.15, -0.1) is 0 Å². The van der Waals surface area contributed by atoms with Crippen molar-refractivity contribution in [3.8, 4) is 0 Å². The van der Waals surface area contributed by atoms with Gasteiger partial charge in [0.15, 0.2) is 0 Å². The van der Waals surface area contributed by atoms with E-state index in [1.54, 1.807) is 0 Å². The molecule has 0 amide bonds. The molecule has 0 unspecified atom stereocenters. The van der Waals surface area contributed by atoms with Gasteiger partial charge in [-0.05, 0) is 105 Å². The van der Waals surface area contributed by atoms with Crippen LogP contribution in [0.2, 0.25) is 0 Å². The number of nitrogens with zero attached hydrogens (tertiary/aromatic N) is 2. The lowest BCUT2D eigenvalue weighted by Crippen LogP contribution is -2.41. The van der Waals surface area contributed by atoms with Crippen LogP contribution in [0.25, 0.3) is 0 Å². The summed E-state index contributed by atoms with van der Waals surface area (Å²) < 4.78 is 2.39. The Labute approximate surface area is 174 Å². The molecule has 0 aromatic heterocycles. The second-order valence-corrected chi connectivity index (χ2v) is 9.15. The van der Waals surface area contributed by atoms with Crippen molar-refractivity contribution in [2.24, 2.45) is 0 Å². The van der Waals surface area contributed by atoms with Gasteiger partial charge in [0, 0.05) is 44.6 Å². The van der Waals surface area contributed by atoms with Crippen molar-refractivity contribution in [2.75, 3.05) is 18.0 Å². The summed E-state index contributed by atoms with van der Waals surface area (Å²) in [5.74, 6) is 0. The summed E-state index contributed by atoms with van der Waals surface area (Å²) >= 11 is 5.93. The molecule has 0 aliphatic carbocycles. The second kappa shape index (κ2) is 9.38. The number of halogens is 2. The fourth-order valence-electron chi connectivity index (χ4n) is 3.26. The van der Waals surface area contributed by atoms with E-state index in [9.17, 15) is 0 Å². The maximum atomic E-state index is 3.55. The van der Waals surface area contributed by atoms with Crippen LogP contribution in [-0.2, 0) is 0 Å². The minimum atomic E-state index is 0.546. The van der Waals surface area contributed by atoms with E-state index in [0.29, 0.717) is 12.1 Å². The molecule has 4 heteroatoms. The molecule has 0 saturated carbocycles. The predicted molar refractivity (Wildman–Crippen MR) is 122 cm³/mol. The Morgan fingerprint density at radius 3 is 2.04 bits per heavy atom. The SMILES string of the molecule is Cc1cc(I)ccc1N(CCN(C(C)C)C(C)C)c1ccc(Br)cc1. The Morgan fingerprint density at radius 1 is 0.920 bits per heavy atom. The lowest BCUT2D eigenvalue weighted by atomic mass is 10.1. The van der Waals surface area contributed by atoms with Gasteiger partial charge in [-0.2, -0.15) is 0 Å². The Morgan fingerprint density at radius 2 is 1.52 bits per heavy atom. The van der Waals surface area contributed by atoms with Gasteiger partial charge in [0.1, 0.15) is 0 Å². The molecule has 0 atom stereocenters. The van der Waals surface area contributed by atoms with Gasteiger partial charge >= 0.3 is 0 Å². The summed E-state index contributed by atoms with van der Waals surface area (Å²) in [7, 11) is 0. The van der Waals surface area contributed by atoms with Crippen LogP contribution >= 0.6 is 38.5 Å². The van der Waals surface area contributed by atoms with Gasteiger partial charge < -0.3 is 4.90 Å². The highest BCUT2D eigenvalue weighted by molar-refractivity contribution is 14.1. The first-order valence-corrected chi connectivity index (χ1v) is 10.7. The maximum absolute atomic E-state index is 3.55. The Bertz CT molecular complexity index is 675. The molecule has 0 radical (unpaired) electrons. The quantitative estimate of drug-likeness (QED) is 0.383. The van der Waals surface area contributed by atoms with Crippen molar-refractivity contribution < 1.29 is 0 Å². The number of hydrogen-bond acceptors (Lipinski definition) is 2. The molecule has 136 valence electrons. The van der Waals surface area contributed by atoms with E-state index in [0.717, 1.165) is 17.6 Å². The average Bonchev–Trinajstić information content (AvgIpc) is 2.53. The smallest absolute Gasteiger partial charge is 0.0441 e. The lowest BCUT2D eigenvalue weighted by molar-refractivity contribution is 0.180. The molecule has 2 aromatic carbocycles. The van der Waals surface area contributed by atoms with Crippen LogP contribution in [0, 0.1) is 10.5 Å². The van der Waals surface area contributed by atoms with Gasteiger partial charge in [-0.25, -0.2) is 0 Å². The molecular weight excluding hydrogens is 487 g/mol. The van der Waals surface area contributed by atoms with E-state index in [1.165, 1.54) is 20.5 Å². The molecule has 0 bridgehead atoms. The molecule has 0 spiro atoms. The Hall–Kier alpha value is -0.590. The van der Waals surface area contributed by atoms with Gasteiger partial charge in [0.05, 0.1) is 0 Å². The van der Waals surface area contributed by atoms with Crippen molar-refractivity contribution in [1.29, 1.82) is 0 Å². The molecule has 0 aliphatic rings. The first-order valence-electron chi connectivity index (χ1n) is 8.84. The van der Waals surface area contributed by atoms with Crippen molar-refractivity contribution in [1.82, 2.24) is 4.90 Å². The Kier molecular flexibility index (Phi) is 7.77.